The molecule has 2 aliphatic rings. The van der Waals surface area contributed by atoms with Crippen molar-refractivity contribution in [3.63, 3.8) is 0 Å². The van der Waals surface area contributed by atoms with E-state index in [0.717, 1.165) is 0 Å². The van der Waals surface area contributed by atoms with Crippen LogP contribution < -0.4 is 0 Å². The van der Waals surface area contributed by atoms with Crippen molar-refractivity contribution in [2.24, 2.45) is 11.0 Å². The normalized spacial score (nSPS) is 25.3. The van der Waals surface area contributed by atoms with Crippen molar-refractivity contribution in [1.29, 1.82) is 0 Å². The third-order valence-corrected chi connectivity index (χ3v) is 4.00. The van der Waals surface area contributed by atoms with Crippen LogP contribution >= 0.6 is 11.6 Å². The summed E-state index contributed by atoms with van der Waals surface area (Å²) in [5, 5.41) is 14.4. The zero-order valence-corrected chi connectivity index (χ0v) is 12.0. The van der Waals surface area contributed by atoms with Crippen LogP contribution in [0.15, 0.2) is 29.4 Å². The fraction of sp³-hybridized carbons (Fsp3) is 0.429. The van der Waals surface area contributed by atoms with Crippen LogP contribution in [0.3, 0.4) is 0 Å². The Hall–Kier alpha value is -1.60. The van der Waals surface area contributed by atoms with Gasteiger partial charge in [0, 0.05) is 10.9 Å². The summed E-state index contributed by atoms with van der Waals surface area (Å²) >= 11 is 5.74. The van der Waals surface area contributed by atoms with Crippen LogP contribution in [0.25, 0.3) is 0 Å². The summed E-state index contributed by atoms with van der Waals surface area (Å²) in [5.41, 5.74) is -2.90. The Bertz CT molecular complexity index is 640. The predicted octanol–water partition coefficient (Wildman–Crippen LogP) is 2.94. The zero-order valence-electron chi connectivity index (χ0n) is 11.3. The Morgan fingerprint density at radius 3 is 2.41 bits per heavy atom. The van der Waals surface area contributed by atoms with E-state index in [1.54, 1.807) is 0 Å². The summed E-state index contributed by atoms with van der Waals surface area (Å²) in [4.78, 5) is 12.0. The van der Waals surface area contributed by atoms with E-state index in [9.17, 15) is 23.1 Å². The molecule has 8 heteroatoms. The number of alkyl halides is 3. The van der Waals surface area contributed by atoms with Crippen LogP contribution in [0.1, 0.15) is 24.8 Å². The lowest BCUT2D eigenvalue weighted by Crippen LogP contribution is -2.57. The summed E-state index contributed by atoms with van der Waals surface area (Å²) < 4.78 is 39.8. The molecule has 3 rings (SSSR count). The van der Waals surface area contributed by atoms with Gasteiger partial charge in [0.2, 0.25) is 5.91 Å². The van der Waals surface area contributed by atoms with Gasteiger partial charge in [0.1, 0.15) is 0 Å². The minimum absolute atomic E-state index is 0.00508. The Kier molecular flexibility index (Phi) is 3.45. The van der Waals surface area contributed by atoms with E-state index in [1.165, 1.54) is 24.3 Å². The number of carbonyl (C=O) groups excluding carboxylic acids is 1. The van der Waals surface area contributed by atoms with Crippen molar-refractivity contribution in [2.75, 3.05) is 0 Å². The van der Waals surface area contributed by atoms with Crippen molar-refractivity contribution in [2.45, 2.75) is 31.2 Å². The van der Waals surface area contributed by atoms with Gasteiger partial charge in [0.15, 0.2) is 0 Å². The fourth-order valence-corrected chi connectivity index (χ4v) is 2.43. The average Bonchev–Trinajstić information content (AvgIpc) is 3.21. The first-order chi connectivity index (χ1) is 10.2. The van der Waals surface area contributed by atoms with Gasteiger partial charge in [-0.2, -0.15) is 23.3 Å². The Morgan fingerprint density at radius 2 is 1.91 bits per heavy atom. The molecule has 0 aromatic heterocycles. The zero-order chi connectivity index (χ0) is 16.1. The number of aliphatic hydroxyl groups is 1. The first-order valence-corrected chi connectivity index (χ1v) is 7.07. The number of hydrogen-bond acceptors (Lipinski definition) is 3. The number of carbonyl (C=O) groups is 1. The van der Waals surface area contributed by atoms with Crippen molar-refractivity contribution in [3.05, 3.63) is 34.9 Å². The topological polar surface area (TPSA) is 52.9 Å². The largest absolute Gasteiger partial charge is 0.438 e. The van der Waals surface area contributed by atoms with Gasteiger partial charge < -0.3 is 5.11 Å². The molecule has 1 aromatic carbocycles. The summed E-state index contributed by atoms with van der Waals surface area (Å²) in [5.74, 6) is -1.27. The lowest BCUT2D eigenvalue weighted by Gasteiger charge is -2.32. The smallest absolute Gasteiger partial charge is 0.362 e. The van der Waals surface area contributed by atoms with E-state index in [2.05, 4.69) is 5.10 Å². The second-order valence-electron chi connectivity index (χ2n) is 5.47. The number of halogens is 4. The van der Waals surface area contributed by atoms with Gasteiger partial charge in [-0.3, -0.25) is 4.79 Å². The highest BCUT2D eigenvalue weighted by Crippen LogP contribution is 2.44. The number of nitrogens with zero attached hydrogens (tertiary/aromatic N) is 2. The maximum Gasteiger partial charge on any atom is 0.438 e. The summed E-state index contributed by atoms with van der Waals surface area (Å²) in [7, 11) is 0. The van der Waals surface area contributed by atoms with E-state index in [1.807, 2.05) is 0 Å². The quantitative estimate of drug-likeness (QED) is 0.905. The number of hydrazone groups is 1. The molecule has 1 aromatic rings. The van der Waals surface area contributed by atoms with E-state index < -0.39 is 30.1 Å². The van der Waals surface area contributed by atoms with E-state index >= 15 is 0 Å². The molecule has 0 unspecified atom stereocenters. The number of benzene rings is 1. The lowest BCUT2D eigenvalue weighted by atomic mass is 10.0. The molecular weight excluding hydrogens is 321 g/mol. The number of amides is 1. The average molecular weight is 333 g/mol. The molecule has 0 spiro atoms. The lowest BCUT2D eigenvalue weighted by molar-refractivity contribution is -0.302. The molecule has 0 saturated heterocycles. The highest BCUT2D eigenvalue weighted by molar-refractivity contribution is 6.30. The van der Waals surface area contributed by atoms with Crippen molar-refractivity contribution < 1.29 is 23.1 Å². The van der Waals surface area contributed by atoms with Gasteiger partial charge in [-0.05, 0) is 30.5 Å². The molecule has 1 N–H and O–H groups in total. The van der Waals surface area contributed by atoms with Crippen molar-refractivity contribution >= 4 is 23.2 Å². The second-order valence-corrected chi connectivity index (χ2v) is 5.91. The molecule has 4 nitrogen and oxygen atoms in total. The fourth-order valence-electron chi connectivity index (χ4n) is 2.30. The van der Waals surface area contributed by atoms with Crippen LogP contribution in [0.4, 0.5) is 13.2 Å². The molecular formula is C14H12ClF3N2O2. The maximum absolute atomic E-state index is 13.3. The minimum atomic E-state index is -4.99. The summed E-state index contributed by atoms with van der Waals surface area (Å²) in [6, 6.07) is 6.03. The summed E-state index contributed by atoms with van der Waals surface area (Å²) in [6.45, 7) is 0. The molecule has 0 bridgehead atoms. The van der Waals surface area contributed by atoms with Crippen LogP contribution in [0.5, 0.6) is 0 Å². The molecule has 1 aliphatic carbocycles. The van der Waals surface area contributed by atoms with Gasteiger partial charge in [-0.1, -0.05) is 23.7 Å². The van der Waals surface area contributed by atoms with Gasteiger partial charge in [0.05, 0.1) is 12.1 Å². The molecule has 1 amide bonds. The van der Waals surface area contributed by atoms with Gasteiger partial charge >= 0.3 is 6.18 Å². The highest BCUT2D eigenvalue weighted by Gasteiger charge is 2.64. The van der Waals surface area contributed by atoms with Crippen LogP contribution in [0.2, 0.25) is 5.02 Å². The van der Waals surface area contributed by atoms with E-state index in [0.29, 0.717) is 23.4 Å². The molecule has 1 aliphatic heterocycles. The number of rotatable bonds is 2. The molecule has 1 heterocycles. The molecule has 22 heavy (non-hydrogen) atoms. The molecule has 1 saturated carbocycles. The Labute approximate surface area is 129 Å². The van der Waals surface area contributed by atoms with Gasteiger partial charge in [0.25, 0.3) is 5.72 Å². The summed E-state index contributed by atoms with van der Waals surface area (Å²) in [6.07, 6.45) is -4.74. The first kappa shape index (κ1) is 15.3. The van der Waals surface area contributed by atoms with Gasteiger partial charge in [-0.15, -0.1) is 0 Å². The molecule has 0 radical (unpaired) electrons. The van der Waals surface area contributed by atoms with E-state index in [-0.39, 0.29) is 10.7 Å². The van der Waals surface area contributed by atoms with Crippen LogP contribution in [-0.4, -0.2) is 33.6 Å². The SMILES string of the molecule is O=C(C1CC1)N1N=C(c2ccc(Cl)cc2)C[C@@]1(O)C(F)(F)F. The predicted molar refractivity (Wildman–Crippen MR) is 73.2 cm³/mol. The van der Waals surface area contributed by atoms with Crippen LogP contribution in [0, 0.1) is 5.92 Å². The van der Waals surface area contributed by atoms with Crippen molar-refractivity contribution in [3.8, 4) is 0 Å². The van der Waals surface area contributed by atoms with Gasteiger partial charge in [-0.25, -0.2) is 0 Å². The highest BCUT2D eigenvalue weighted by atomic mass is 35.5. The Balaban J connectivity index is 1.98. The molecule has 1 fully saturated rings. The molecule has 118 valence electrons. The third kappa shape index (κ3) is 2.48. The first-order valence-electron chi connectivity index (χ1n) is 6.69. The minimum Gasteiger partial charge on any atom is -0.362 e. The van der Waals surface area contributed by atoms with Crippen LogP contribution in [-0.2, 0) is 4.79 Å². The Morgan fingerprint density at radius 1 is 1.32 bits per heavy atom. The number of hydrogen-bond donors (Lipinski definition) is 1. The monoisotopic (exact) mass is 332 g/mol. The third-order valence-electron chi connectivity index (χ3n) is 3.75. The molecule has 1 atom stereocenters. The second kappa shape index (κ2) is 4.96. The van der Waals surface area contributed by atoms with E-state index in [4.69, 9.17) is 11.6 Å². The van der Waals surface area contributed by atoms with Crippen molar-refractivity contribution in [1.82, 2.24) is 5.01 Å². The standard InChI is InChI=1S/C14H12ClF3N2O2/c15-10-5-3-8(4-6-10)11-7-13(22,14(16,17)18)20(19-11)12(21)9-1-2-9/h3-6,9,22H,1-2,7H2/t13-/m1/s1. The maximum atomic E-state index is 13.3.